The molecular formula is C20H20F2N2O2. The van der Waals surface area contributed by atoms with Crippen molar-refractivity contribution in [2.45, 2.75) is 32.1 Å². The molecule has 1 aromatic heterocycles. The van der Waals surface area contributed by atoms with Gasteiger partial charge in [0.05, 0.1) is 13.0 Å². The highest BCUT2D eigenvalue weighted by molar-refractivity contribution is 5.87. The minimum Gasteiger partial charge on any atom is -0.496 e. The largest absolute Gasteiger partial charge is 0.496 e. The summed E-state index contributed by atoms with van der Waals surface area (Å²) in [7, 11) is 1.60. The fourth-order valence-electron chi connectivity index (χ4n) is 3.00. The van der Waals surface area contributed by atoms with Crippen molar-refractivity contribution in [3.63, 3.8) is 0 Å². The van der Waals surface area contributed by atoms with Crippen LogP contribution in [0.5, 0.6) is 11.5 Å². The minimum atomic E-state index is -2.50. The highest BCUT2D eigenvalue weighted by atomic mass is 19.3. The highest BCUT2D eigenvalue weighted by Gasteiger charge is 2.25. The van der Waals surface area contributed by atoms with Crippen LogP contribution in [0.25, 0.3) is 0 Å². The summed E-state index contributed by atoms with van der Waals surface area (Å²) in [5.74, 6) is 1.54. The van der Waals surface area contributed by atoms with E-state index in [1.807, 2.05) is 13.0 Å². The SMILES string of the molecule is CCc1cc(OC2=NC=CCC2c2cnccc2OC)ccc1C(F)F. The van der Waals surface area contributed by atoms with E-state index in [0.717, 1.165) is 5.56 Å². The third-order valence-electron chi connectivity index (χ3n) is 4.34. The molecule has 0 saturated heterocycles. The van der Waals surface area contributed by atoms with Crippen LogP contribution in [0.15, 0.2) is 53.9 Å². The van der Waals surface area contributed by atoms with E-state index in [-0.39, 0.29) is 11.5 Å². The zero-order valence-electron chi connectivity index (χ0n) is 14.7. The number of alkyl halides is 2. The summed E-state index contributed by atoms with van der Waals surface area (Å²) in [6, 6.07) is 6.41. The van der Waals surface area contributed by atoms with Gasteiger partial charge in [0.1, 0.15) is 11.5 Å². The van der Waals surface area contributed by atoms with Crippen molar-refractivity contribution < 1.29 is 18.3 Å². The fraction of sp³-hybridized carbons (Fsp3) is 0.300. The van der Waals surface area contributed by atoms with Gasteiger partial charge in [0.2, 0.25) is 5.90 Å². The van der Waals surface area contributed by atoms with Crippen LogP contribution in [-0.2, 0) is 6.42 Å². The van der Waals surface area contributed by atoms with Crippen molar-refractivity contribution in [1.29, 1.82) is 0 Å². The maximum absolute atomic E-state index is 13.1. The molecule has 1 aliphatic rings. The Labute approximate surface area is 151 Å². The number of rotatable bonds is 5. The molecule has 1 atom stereocenters. The van der Waals surface area contributed by atoms with Crippen molar-refractivity contribution in [1.82, 2.24) is 4.98 Å². The van der Waals surface area contributed by atoms with E-state index in [4.69, 9.17) is 9.47 Å². The van der Waals surface area contributed by atoms with E-state index in [1.165, 1.54) is 6.07 Å². The number of hydrogen-bond donors (Lipinski definition) is 0. The maximum atomic E-state index is 13.1. The summed E-state index contributed by atoms with van der Waals surface area (Å²) >= 11 is 0. The summed E-state index contributed by atoms with van der Waals surface area (Å²) in [5.41, 5.74) is 1.48. The number of allylic oxidation sites excluding steroid dienone is 1. The van der Waals surface area contributed by atoms with Gasteiger partial charge in [-0.3, -0.25) is 4.98 Å². The Morgan fingerprint density at radius 3 is 2.85 bits per heavy atom. The average Bonchev–Trinajstić information content (AvgIpc) is 2.68. The van der Waals surface area contributed by atoms with Crippen molar-refractivity contribution in [2.24, 2.45) is 4.99 Å². The van der Waals surface area contributed by atoms with Crippen LogP contribution in [0, 0.1) is 0 Å². The number of aryl methyl sites for hydroxylation is 1. The Kier molecular flexibility index (Phi) is 5.61. The first kappa shape index (κ1) is 18.0. The van der Waals surface area contributed by atoms with Crippen LogP contribution in [-0.4, -0.2) is 18.0 Å². The van der Waals surface area contributed by atoms with E-state index in [2.05, 4.69) is 9.98 Å². The monoisotopic (exact) mass is 358 g/mol. The standard InChI is InChI=1S/C20H20F2N2O2/c1-3-13-11-14(6-7-15(13)19(21)22)26-20-16(5-4-9-24-20)17-12-23-10-8-18(17)25-2/h4,6-12,16,19H,3,5H2,1-2H3. The zero-order chi connectivity index (χ0) is 18.5. The second-order valence-electron chi connectivity index (χ2n) is 5.87. The first-order valence-electron chi connectivity index (χ1n) is 8.43. The first-order valence-corrected chi connectivity index (χ1v) is 8.43. The number of aliphatic imine (C=N–C) groups is 1. The van der Waals surface area contributed by atoms with E-state index in [9.17, 15) is 8.78 Å². The van der Waals surface area contributed by atoms with Crippen molar-refractivity contribution >= 4 is 5.90 Å². The van der Waals surface area contributed by atoms with Crippen LogP contribution in [0.2, 0.25) is 0 Å². The maximum Gasteiger partial charge on any atom is 0.264 e. The number of benzene rings is 1. The predicted octanol–water partition coefficient (Wildman–Crippen LogP) is 5.07. The fourth-order valence-corrected chi connectivity index (χ4v) is 3.00. The topological polar surface area (TPSA) is 43.7 Å². The molecule has 1 aliphatic heterocycles. The molecule has 0 bridgehead atoms. The van der Waals surface area contributed by atoms with Gasteiger partial charge in [-0.2, -0.15) is 0 Å². The molecule has 0 N–H and O–H groups in total. The Hall–Kier alpha value is -2.76. The first-order chi connectivity index (χ1) is 12.6. The van der Waals surface area contributed by atoms with Gasteiger partial charge in [0, 0.05) is 29.7 Å². The van der Waals surface area contributed by atoms with E-state index < -0.39 is 6.43 Å². The predicted molar refractivity (Wildman–Crippen MR) is 96.1 cm³/mol. The van der Waals surface area contributed by atoms with Gasteiger partial charge in [0.25, 0.3) is 6.43 Å². The molecule has 3 rings (SSSR count). The summed E-state index contributed by atoms with van der Waals surface area (Å²) in [5, 5.41) is 0. The van der Waals surface area contributed by atoms with Gasteiger partial charge in [0.15, 0.2) is 0 Å². The lowest BCUT2D eigenvalue weighted by molar-refractivity contribution is 0.150. The van der Waals surface area contributed by atoms with Crippen LogP contribution in [0.1, 0.15) is 42.4 Å². The third kappa shape index (κ3) is 3.74. The van der Waals surface area contributed by atoms with Gasteiger partial charge in [-0.1, -0.05) is 13.0 Å². The quantitative estimate of drug-likeness (QED) is 0.750. The number of aromatic nitrogens is 1. The molecule has 0 amide bonds. The molecule has 2 heterocycles. The molecule has 2 aromatic rings. The van der Waals surface area contributed by atoms with Crippen molar-refractivity contribution in [3.05, 3.63) is 65.6 Å². The Balaban J connectivity index is 1.90. The normalized spacial score (nSPS) is 16.5. The number of hydrogen-bond acceptors (Lipinski definition) is 4. The summed E-state index contributed by atoms with van der Waals surface area (Å²) < 4.78 is 37.5. The van der Waals surface area contributed by atoms with E-state index in [0.29, 0.717) is 35.8 Å². The Morgan fingerprint density at radius 1 is 1.27 bits per heavy atom. The molecule has 26 heavy (non-hydrogen) atoms. The van der Waals surface area contributed by atoms with Crippen LogP contribution in [0.4, 0.5) is 8.78 Å². The molecule has 1 aromatic carbocycles. The van der Waals surface area contributed by atoms with Gasteiger partial charge in [-0.25, -0.2) is 13.8 Å². The number of ether oxygens (including phenoxy) is 2. The molecule has 0 radical (unpaired) electrons. The van der Waals surface area contributed by atoms with Crippen molar-refractivity contribution in [2.75, 3.05) is 7.11 Å². The molecule has 0 fully saturated rings. The highest BCUT2D eigenvalue weighted by Crippen LogP contribution is 2.33. The molecule has 1 unspecified atom stereocenters. The zero-order valence-corrected chi connectivity index (χ0v) is 14.7. The van der Waals surface area contributed by atoms with Gasteiger partial charge in [-0.15, -0.1) is 0 Å². The lowest BCUT2D eigenvalue weighted by Crippen LogP contribution is -2.21. The van der Waals surface area contributed by atoms with Crippen LogP contribution in [0.3, 0.4) is 0 Å². The van der Waals surface area contributed by atoms with Crippen molar-refractivity contribution in [3.8, 4) is 11.5 Å². The van der Waals surface area contributed by atoms with Gasteiger partial charge in [-0.05, 0) is 42.7 Å². The lowest BCUT2D eigenvalue weighted by Gasteiger charge is -2.22. The molecule has 0 aliphatic carbocycles. The van der Waals surface area contributed by atoms with Crippen LogP contribution >= 0.6 is 0 Å². The van der Waals surface area contributed by atoms with E-state index in [1.54, 1.807) is 43.9 Å². The van der Waals surface area contributed by atoms with Crippen LogP contribution < -0.4 is 9.47 Å². The Morgan fingerprint density at radius 2 is 2.12 bits per heavy atom. The molecule has 136 valence electrons. The molecule has 0 saturated carbocycles. The second kappa shape index (κ2) is 8.08. The molecule has 6 heteroatoms. The number of halogens is 2. The average molecular weight is 358 g/mol. The number of pyridine rings is 1. The summed E-state index contributed by atoms with van der Waals surface area (Å²) in [4.78, 5) is 8.52. The van der Waals surface area contributed by atoms with Gasteiger partial charge < -0.3 is 9.47 Å². The van der Waals surface area contributed by atoms with E-state index >= 15 is 0 Å². The number of methoxy groups -OCH3 is 1. The summed E-state index contributed by atoms with van der Waals surface area (Å²) in [6.07, 6.45) is 5.72. The van der Waals surface area contributed by atoms with Gasteiger partial charge >= 0.3 is 0 Å². The second-order valence-corrected chi connectivity index (χ2v) is 5.87. The molecule has 0 spiro atoms. The molecule has 4 nitrogen and oxygen atoms in total. The lowest BCUT2D eigenvalue weighted by atomic mass is 9.94. The number of nitrogens with zero attached hydrogens (tertiary/aromatic N) is 2. The summed E-state index contributed by atoms with van der Waals surface area (Å²) in [6.45, 7) is 1.84. The smallest absolute Gasteiger partial charge is 0.264 e. The Bertz CT molecular complexity index is 834. The molecular weight excluding hydrogens is 338 g/mol. The third-order valence-corrected chi connectivity index (χ3v) is 4.34. The minimum absolute atomic E-state index is 0.0378.